The molecule has 0 spiro atoms. The molecule has 0 fully saturated rings. The first-order valence-corrected chi connectivity index (χ1v) is 5.84. The van der Waals surface area contributed by atoms with Crippen LogP contribution in [0.1, 0.15) is 25.5 Å². The fourth-order valence-electron chi connectivity index (χ4n) is 1.54. The summed E-state index contributed by atoms with van der Waals surface area (Å²) >= 11 is 0. The number of rotatable bonds is 5. The van der Waals surface area contributed by atoms with E-state index >= 15 is 0 Å². The lowest BCUT2D eigenvalue weighted by Crippen LogP contribution is -2.32. The zero-order valence-electron chi connectivity index (χ0n) is 10.9. The first-order valence-electron chi connectivity index (χ1n) is 5.84. The molecule has 0 radical (unpaired) electrons. The Morgan fingerprint density at radius 3 is 2.67 bits per heavy atom. The summed E-state index contributed by atoms with van der Waals surface area (Å²) in [5.74, 6) is -0.155. The number of likely N-dealkylation sites (N-methyl/N-ethyl adjacent to an activating group) is 1. The largest absolute Gasteiger partial charge is 0.358 e. The van der Waals surface area contributed by atoms with Crippen LogP contribution in [0.15, 0.2) is 24.3 Å². The van der Waals surface area contributed by atoms with Crippen molar-refractivity contribution < 1.29 is 9.59 Å². The second-order valence-corrected chi connectivity index (χ2v) is 4.08. The zero-order chi connectivity index (χ0) is 13.5. The lowest BCUT2D eigenvalue weighted by atomic mass is 10.1. The van der Waals surface area contributed by atoms with E-state index in [0.717, 1.165) is 11.3 Å². The van der Waals surface area contributed by atoms with Gasteiger partial charge in [-0.05, 0) is 24.6 Å². The summed E-state index contributed by atoms with van der Waals surface area (Å²) in [5, 5.41) is 8.39. The molecule has 18 heavy (non-hydrogen) atoms. The first-order chi connectivity index (χ1) is 8.52. The lowest BCUT2D eigenvalue weighted by Gasteiger charge is -2.14. The molecule has 5 nitrogen and oxygen atoms in total. The van der Waals surface area contributed by atoms with Crippen LogP contribution in [-0.2, 0) is 9.59 Å². The van der Waals surface area contributed by atoms with Gasteiger partial charge in [-0.2, -0.15) is 0 Å². The van der Waals surface area contributed by atoms with Crippen LogP contribution in [0.4, 0.5) is 5.69 Å². The van der Waals surface area contributed by atoms with Gasteiger partial charge < -0.3 is 16.0 Å². The van der Waals surface area contributed by atoms with Gasteiger partial charge in [0.15, 0.2) is 0 Å². The summed E-state index contributed by atoms with van der Waals surface area (Å²) in [5.41, 5.74) is 1.78. The third-order valence-corrected chi connectivity index (χ3v) is 2.55. The molecule has 0 bridgehead atoms. The maximum atomic E-state index is 11.1. The molecule has 0 aliphatic heterocycles. The van der Waals surface area contributed by atoms with Crippen molar-refractivity contribution in [1.82, 2.24) is 10.6 Å². The van der Waals surface area contributed by atoms with E-state index in [-0.39, 0.29) is 24.4 Å². The highest BCUT2D eigenvalue weighted by Gasteiger charge is 2.07. The molecule has 5 heteroatoms. The minimum Gasteiger partial charge on any atom is -0.358 e. The molecule has 0 aliphatic rings. The number of benzene rings is 1. The minimum atomic E-state index is -0.0990. The highest BCUT2D eigenvalue weighted by molar-refractivity contribution is 5.88. The normalized spacial score (nSPS) is 11.7. The molecule has 1 aromatic rings. The molecule has 0 aromatic heterocycles. The number of amides is 2. The van der Waals surface area contributed by atoms with Gasteiger partial charge in [0, 0.05) is 25.7 Å². The van der Waals surface area contributed by atoms with Crippen LogP contribution in [0.2, 0.25) is 0 Å². The average molecular weight is 249 g/mol. The summed E-state index contributed by atoms with van der Waals surface area (Å²) < 4.78 is 0. The van der Waals surface area contributed by atoms with Gasteiger partial charge in [0.1, 0.15) is 0 Å². The Morgan fingerprint density at radius 1 is 1.33 bits per heavy atom. The average Bonchev–Trinajstić information content (AvgIpc) is 2.35. The van der Waals surface area contributed by atoms with Crippen molar-refractivity contribution in [3.8, 4) is 0 Å². The van der Waals surface area contributed by atoms with E-state index in [2.05, 4.69) is 16.0 Å². The third-order valence-electron chi connectivity index (χ3n) is 2.55. The number of carbonyl (C=O) groups excluding carboxylic acids is 2. The third kappa shape index (κ3) is 4.55. The highest BCUT2D eigenvalue weighted by Crippen LogP contribution is 2.17. The number of carbonyl (C=O) groups is 2. The summed E-state index contributed by atoms with van der Waals surface area (Å²) in [6.45, 7) is 3.71. The number of anilines is 1. The summed E-state index contributed by atoms with van der Waals surface area (Å²) in [7, 11) is 1.60. The van der Waals surface area contributed by atoms with Gasteiger partial charge in [-0.15, -0.1) is 0 Å². The minimum absolute atomic E-state index is 0.0380. The van der Waals surface area contributed by atoms with Crippen molar-refractivity contribution in [1.29, 1.82) is 0 Å². The Hall–Kier alpha value is -1.88. The molecule has 0 saturated heterocycles. The van der Waals surface area contributed by atoms with E-state index in [1.807, 2.05) is 31.2 Å². The molecule has 0 aliphatic carbocycles. The fourth-order valence-corrected chi connectivity index (χ4v) is 1.54. The lowest BCUT2D eigenvalue weighted by molar-refractivity contribution is -0.120. The predicted molar refractivity (Wildman–Crippen MR) is 71.2 cm³/mol. The number of hydrogen-bond donors (Lipinski definition) is 3. The van der Waals surface area contributed by atoms with E-state index in [1.165, 1.54) is 6.92 Å². The Morgan fingerprint density at radius 2 is 2.06 bits per heavy atom. The van der Waals surface area contributed by atoms with E-state index in [1.54, 1.807) is 7.05 Å². The molecule has 2 amide bonds. The maximum absolute atomic E-state index is 11.1. The molecule has 98 valence electrons. The van der Waals surface area contributed by atoms with Crippen LogP contribution in [0.25, 0.3) is 0 Å². The van der Waals surface area contributed by atoms with Crippen molar-refractivity contribution in [2.45, 2.75) is 19.9 Å². The van der Waals surface area contributed by atoms with Crippen molar-refractivity contribution in [2.75, 3.05) is 18.9 Å². The Kier molecular flexibility index (Phi) is 5.32. The van der Waals surface area contributed by atoms with Gasteiger partial charge in [-0.25, -0.2) is 0 Å². The van der Waals surface area contributed by atoms with E-state index in [0.29, 0.717) is 0 Å². The second-order valence-electron chi connectivity index (χ2n) is 4.08. The molecule has 1 rings (SSSR count). The Labute approximate surface area is 107 Å². The summed E-state index contributed by atoms with van der Waals surface area (Å²) in [6, 6.07) is 7.58. The van der Waals surface area contributed by atoms with Gasteiger partial charge >= 0.3 is 0 Å². The molecule has 1 atom stereocenters. The van der Waals surface area contributed by atoms with Gasteiger partial charge in [0.05, 0.1) is 6.54 Å². The molecule has 1 aromatic carbocycles. The second kappa shape index (κ2) is 6.76. The fraction of sp³-hybridized carbons (Fsp3) is 0.385. The summed E-state index contributed by atoms with van der Waals surface area (Å²) in [6.07, 6.45) is 0. The van der Waals surface area contributed by atoms with Crippen LogP contribution < -0.4 is 16.0 Å². The van der Waals surface area contributed by atoms with E-state index < -0.39 is 0 Å². The maximum Gasteiger partial charge on any atom is 0.233 e. The zero-order valence-corrected chi connectivity index (χ0v) is 10.9. The first kappa shape index (κ1) is 14.2. The Balaban J connectivity index is 2.64. The topological polar surface area (TPSA) is 70.2 Å². The molecule has 1 unspecified atom stereocenters. The molecule has 0 heterocycles. The smallest absolute Gasteiger partial charge is 0.233 e. The number of hydrogen-bond acceptors (Lipinski definition) is 3. The molecule has 3 N–H and O–H groups in total. The SMILES string of the molecule is CNC(=O)CNC(C)c1cccc(NC(C)=O)c1. The van der Waals surface area contributed by atoms with E-state index in [9.17, 15) is 9.59 Å². The van der Waals surface area contributed by atoms with Crippen LogP contribution in [-0.4, -0.2) is 25.4 Å². The highest BCUT2D eigenvalue weighted by atomic mass is 16.2. The number of nitrogens with one attached hydrogen (secondary N) is 3. The van der Waals surface area contributed by atoms with Crippen LogP contribution in [0.5, 0.6) is 0 Å². The van der Waals surface area contributed by atoms with Crippen LogP contribution in [0.3, 0.4) is 0 Å². The van der Waals surface area contributed by atoms with Gasteiger partial charge in [0.25, 0.3) is 0 Å². The monoisotopic (exact) mass is 249 g/mol. The summed E-state index contributed by atoms with van der Waals surface area (Å²) in [4.78, 5) is 22.1. The quantitative estimate of drug-likeness (QED) is 0.730. The molecular weight excluding hydrogens is 230 g/mol. The van der Waals surface area contributed by atoms with Crippen LogP contribution in [0, 0.1) is 0 Å². The van der Waals surface area contributed by atoms with Gasteiger partial charge in [-0.1, -0.05) is 12.1 Å². The van der Waals surface area contributed by atoms with Crippen molar-refractivity contribution in [3.63, 3.8) is 0 Å². The van der Waals surface area contributed by atoms with Crippen LogP contribution >= 0.6 is 0 Å². The van der Waals surface area contributed by atoms with Gasteiger partial charge in [-0.3, -0.25) is 9.59 Å². The Bertz CT molecular complexity index is 432. The van der Waals surface area contributed by atoms with Crippen molar-refractivity contribution in [2.24, 2.45) is 0 Å². The standard InChI is InChI=1S/C13H19N3O2/c1-9(15-8-13(18)14-3)11-5-4-6-12(7-11)16-10(2)17/h4-7,9,15H,8H2,1-3H3,(H,14,18)(H,16,17). The van der Waals surface area contributed by atoms with Gasteiger partial charge in [0.2, 0.25) is 11.8 Å². The van der Waals surface area contributed by atoms with Crippen molar-refractivity contribution >= 4 is 17.5 Å². The van der Waals surface area contributed by atoms with Crippen molar-refractivity contribution in [3.05, 3.63) is 29.8 Å². The molecule has 0 saturated carbocycles. The predicted octanol–water partition coefficient (Wildman–Crippen LogP) is 1.04. The molecular formula is C13H19N3O2. The van der Waals surface area contributed by atoms with E-state index in [4.69, 9.17) is 0 Å².